The van der Waals surface area contributed by atoms with Crippen molar-refractivity contribution in [3.8, 4) is 6.07 Å². The highest BCUT2D eigenvalue weighted by Gasteiger charge is 2.20. The Balaban J connectivity index is 1.43. The molecule has 0 saturated carbocycles. The number of rotatable bonds is 3. The van der Waals surface area contributed by atoms with E-state index in [1.807, 2.05) is 53.8 Å². The van der Waals surface area contributed by atoms with Gasteiger partial charge in [-0.2, -0.15) is 5.26 Å². The van der Waals surface area contributed by atoms with Crippen molar-refractivity contribution in [2.75, 3.05) is 4.90 Å². The number of anilines is 3. The topological polar surface area (TPSA) is 40.2 Å². The zero-order chi connectivity index (χ0) is 25.9. The lowest BCUT2D eigenvalue weighted by Crippen LogP contribution is -2.10. The predicted octanol–water partition coefficient (Wildman–Crippen LogP) is 10.4. The van der Waals surface area contributed by atoms with Crippen LogP contribution < -0.4 is 4.90 Å². The number of nitriles is 1. The molecule has 3 nitrogen and oxygen atoms in total. The standard InChI is InChI=1S/C35H20N2OS/c36-21-22-12-15-24(16-13-22)37(30-10-5-9-28-27-8-3-4-11-31(27)38-35(28)30)25-17-19-32-29(20-25)34-26-7-2-1-6-23(26)14-18-33(34)39-32/h1-20H. The number of nitrogens with zero attached hydrogens (tertiary/aromatic N) is 2. The van der Waals surface area contributed by atoms with Gasteiger partial charge in [0.15, 0.2) is 5.58 Å². The van der Waals surface area contributed by atoms with E-state index >= 15 is 0 Å². The van der Waals surface area contributed by atoms with E-state index in [9.17, 15) is 5.26 Å². The van der Waals surface area contributed by atoms with Crippen LogP contribution in [0.25, 0.3) is 52.9 Å². The number of hydrogen-bond acceptors (Lipinski definition) is 4. The van der Waals surface area contributed by atoms with Gasteiger partial charge in [-0.25, -0.2) is 0 Å². The second-order valence-corrected chi connectivity index (χ2v) is 10.8. The molecule has 0 N–H and O–H groups in total. The molecule has 2 heterocycles. The van der Waals surface area contributed by atoms with Crippen molar-refractivity contribution in [3.63, 3.8) is 0 Å². The summed E-state index contributed by atoms with van der Waals surface area (Å²) in [5.74, 6) is 0. The lowest BCUT2D eigenvalue weighted by Gasteiger charge is -2.25. The van der Waals surface area contributed by atoms with Gasteiger partial charge in [0.25, 0.3) is 0 Å². The van der Waals surface area contributed by atoms with Gasteiger partial charge in [0.1, 0.15) is 5.58 Å². The highest BCUT2D eigenvalue weighted by Crippen LogP contribution is 2.45. The van der Waals surface area contributed by atoms with Gasteiger partial charge in [0, 0.05) is 42.3 Å². The molecule has 4 heteroatoms. The smallest absolute Gasteiger partial charge is 0.159 e. The van der Waals surface area contributed by atoms with Crippen LogP contribution in [0.15, 0.2) is 126 Å². The molecule has 0 spiro atoms. The largest absolute Gasteiger partial charge is 0.454 e. The monoisotopic (exact) mass is 516 g/mol. The van der Waals surface area contributed by atoms with Crippen molar-refractivity contribution in [1.29, 1.82) is 5.26 Å². The van der Waals surface area contributed by atoms with Crippen LogP contribution in [0, 0.1) is 11.3 Å². The SMILES string of the molecule is N#Cc1ccc(N(c2ccc3sc4ccc5ccccc5c4c3c2)c2cccc3c2oc2ccccc23)cc1. The fourth-order valence-corrected chi connectivity index (χ4v) is 6.80. The molecule has 2 aromatic heterocycles. The van der Waals surface area contributed by atoms with Crippen LogP contribution in [0.1, 0.15) is 5.56 Å². The van der Waals surface area contributed by atoms with Crippen molar-refractivity contribution in [2.45, 2.75) is 0 Å². The van der Waals surface area contributed by atoms with E-state index in [1.165, 1.54) is 30.9 Å². The maximum absolute atomic E-state index is 9.43. The van der Waals surface area contributed by atoms with Gasteiger partial charge >= 0.3 is 0 Å². The second kappa shape index (κ2) is 8.46. The van der Waals surface area contributed by atoms with Crippen LogP contribution in [0.4, 0.5) is 17.1 Å². The average molecular weight is 517 g/mol. The van der Waals surface area contributed by atoms with E-state index in [4.69, 9.17) is 4.42 Å². The third kappa shape index (κ3) is 3.34. The lowest BCUT2D eigenvalue weighted by molar-refractivity contribution is 0.669. The maximum Gasteiger partial charge on any atom is 0.159 e. The van der Waals surface area contributed by atoms with Crippen molar-refractivity contribution < 1.29 is 4.42 Å². The Labute approximate surface area is 228 Å². The molecule has 0 radical (unpaired) electrons. The van der Waals surface area contributed by atoms with Crippen molar-refractivity contribution in [3.05, 3.63) is 127 Å². The van der Waals surface area contributed by atoms with Crippen molar-refractivity contribution in [2.24, 2.45) is 0 Å². The van der Waals surface area contributed by atoms with Gasteiger partial charge in [-0.15, -0.1) is 11.3 Å². The molecular weight excluding hydrogens is 496 g/mol. The normalized spacial score (nSPS) is 11.6. The number of hydrogen-bond donors (Lipinski definition) is 0. The zero-order valence-corrected chi connectivity index (χ0v) is 21.6. The number of thiophene rings is 1. The summed E-state index contributed by atoms with van der Waals surface area (Å²) in [7, 11) is 0. The fourth-order valence-electron chi connectivity index (χ4n) is 5.69. The summed E-state index contributed by atoms with van der Waals surface area (Å²) in [4.78, 5) is 2.24. The quantitative estimate of drug-likeness (QED) is 0.234. The molecule has 0 fully saturated rings. The third-order valence-corrected chi connectivity index (χ3v) is 8.62. The average Bonchev–Trinajstić information content (AvgIpc) is 3.56. The first-order chi connectivity index (χ1) is 19.3. The molecule has 0 amide bonds. The molecule has 182 valence electrons. The molecule has 8 rings (SSSR count). The fraction of sp³-hybridized carbons (Fsp3) is 0. The summed E-state index contributed by atoms with van der Waals surface area (Å²) in [6.07, 6.45) is 0. The van der Waals surface area contributed by atoms with Gasteiger partial charge in [-0.1, -0.05) is 60.7 Å². The molecule has 6 aromatic carbocycles. The summed E-state index contributed by atoms with van der Waals surface area (Å²) in [5, 5.41) is 16.6. The highest BCUT2D eigenvalue weighted by atomic mass is 32.1. The predicted molar refractivity (Wildman–Crippen MR) is 164 cm³/mol. The van der Waals surface area contributed by atoms with Gasteiger partial charge in [-0.05, 0) is 71.4 Å². The summed E-state index contributed by atoms with van der Waals surface area (Å²) in [5.41, 5.74) is 5.29. The van der Waals surface area contributed by atoms with Crippen LogP contribution in [0.5, 0.6) is 0 Å². The Morgan fingerprint density at radius 3 is 2.23 bits per heavy atom. The highest BCUT2D eigenvalue weighted by molar-refractivity contribution is 7.26. The molecule has 0 bridgehead atoms. The van der Waals surface area contributed by atoms with Gasteiger partial charge in [0.05, 0.1) is 17.3 Å². The molecule has 0 aliphatic rings. The van der Waals surface area contributed by atoms with Crippen molar-refractivity contribution >= 4 is 81.3 Å². The molecular formula is C35H20N2OS. The summed E-state index contributed by atoms with van der Waals surface area (Å²) >= 11 is 1.83. The number of furan rings is 1. The van der Waals surface area contributed by atoms with Crippen LogP contribution in [0.2, 0.25) is 0 Å². The first-order valence-electron chi connectivity index (χ1n) is 12.8. The molecule has 8 aromatic rings. The minimum atomic E-state index is 0.631. The molecule has 39 heavy (non-hydrogen) atoms. The Bertz CT molecular complexity index is 2250. The van der Waals surface area contributed by atoms with E-state index in [1.54, 1.807) is 0 Å². The Kier molecular flexibility index (Phi) is 4.75. The maximum atomic E-state index is 9.43. The number of para-hydroxylation sites is 2. The van der Waals surface area contributed by atoms with Crippen LogP contribution in [-0.4, -0.2) is 0 Å². The molecule has 0 saturated heterocycles. The van der Waals surface area contributed by atoms with Gasteiger partial charge in [0.2, 0.25) is 0 Å². The van der Waals surface area contributed by atoms with Gasteiger partial charge in [-0.3, -0.25) is 0 Å². The first-order valence-corrected chi connectivity index (χ1v) is 13.6. The summed E-state index contributed by atoms with van der Waals surface area (Å²) in [6.45, 7) is 0. The van der Waals surface area contributed by atoms with Crippen molar-refractivity contribution in [1.82, 2.24) is 0 Å². The van der Waals surface area contributed by atoms with E-state index in [0.717, 1.165) is 39.0 Å². The summed E-state index contributed by atoms with van der Waals surface area (Å²) < 4.78 is 9.00. The van der Waals surface area contributed by atoms with E-state index < -0.39 is 0 Å². The first kappa shape index (κ1) is 21.9. The molecule has 0 aliphatic carbocycles. The summed E-state index contributed by atoms with van der Waals surface area (Å²) in [6, 6.07) is 44.2. The molecule has 0 unspecified atom stereocenters. The number of fused-ring (bicyclic) bond motifs is 8. The Morgan fingerprint density at radius 2 is 1.36 bits per heavy atom. The van der Waals surface area contributed by atoms with Crippen LogP contribution in [-0.2, 0) is 0 Å². The van der Waals surface area contributed by atoms with Crippen LogP contribution in [0.3, 0.4) is 0 Å². The Morgan fingerprint density at radius 1 is 0.615 bits per heavy atom. The minimum Gasteiger partial charge on any atom is -0.454 e. The van der Waals surface area contributed by atoms with E-state index in [2.05, 4.69) is 89.8 Å². The lowest BCUT2D eigenvalue weighted by atomic mass is 10.0. The second-order valence-electron chi connectivity index (χ2n) is 9.69. The van der Waals surface area contributed by atoms with Gasteiger partial charge < -0.3 is 9.32 Å². The minimum absolute atomic E-state index is 0.631. The molecule has 0 aliphatic heterocycles. The molecule has 0 atom stereocenters. The third-order valence-electron chi connectivity index (χ3n) is 7.48. The van der Waals surface area contributed by atoms with E-state index in [-0.39, 0.29) is 0 Å². The zero-order valence-electron chi connectivity index (χ0n) is 20.8. The number of benzene rings is 6. The Hall–Kier alpha value is -5.11. The van der Waals surface area contributed by atoms with E-state index in [0.29, 0.717) is 5.56 Å². The van der Waals surface area contributed by atoms with Crippen LogP contribution >= 0.6 is 11.3 Å².